The molecule has 2 atom stereocenters. The van der Waals surface area contributed by atoms with Crippen molar-refractivity contribution in [2.24, 2.45) is 0 Å². The minimum absolute atomic E-state index is 0.0489. The lowest BCUT2D eigenvalue weighted by Gasteiger charge is -2.33. The molecule has 1 aliphatic heterocycles. The van der Waals surface area contributed by atoms with Crippen LogP contribution in [0.3, 0.4) is 0 Å². The molecule has 2 N–H and O–H groups in total. The number of carbonyl (C=O) groups excluding carboxylic acids is 1. The third kappa shape index (κ3) is 4.21. The van der Waals surface area contributed by atoms with Crippen molar-refractivity contribution >= 4 is 23.4 Å². The molecule has 4 rings (SSSR count). The number of fused-ring (bicyclic) bond motifs is 1. The van der Waals surface area contributed by atoms with Crippen LogP contribution in [-0.4, -0.2) is 26.0 Å². The first-order valence-electron chi connectivity index (χ1n) is 10.4. The second kappa shape index (κ2) is 8.92. The van der Waals surface area contributed by atoms with Gasteiger partial charge in [-0.2, -0.15) is 0 Å². The molecule has 1 aliphatic rings. The van der Waals surface area contributed by atoms with E-state index in [0.29, 0.717) is 0 Å². The maximum Gasteiger partial charge on any atom is 0.240 e. The largest absolute Gasteiger partial charge is 0.325 e. The number of nitrogens with one attached hydrogen (secondary N) is 2. The third-order valence-corrected chi connectivity index (χ3v) is 6.52. The van der Waals surface area contributed by atoms with Crippen LogP contribution in [0.25, 0.3) is 0 Å². The molecule has 6 nitrogen and oxygen atoms in total. The molecule has 0 radical (unpaired) electrons. The molecule has 2 aromatic carbocycles. The second-order valence-electron chi connectivity index (χ2n) is 7.58. The SMILES string of the molecule is CCCc1nnc2n1N[C@@H](c1ccc(CC)cc1)[C@@H](C(=O)Nc1ccc(C)cc1)S2. The number of amides is 1. The lowest BCUT2D eigenvalue weighted by molar-refractivity contribution is -0.116. The number of hydrogen-bond acceptors (Lipinski definition) is 5. The Morgan fingerprint density at radius 1 is 1.10 bits per heavy atom. The number of carbonyl (C=O) groups is 1. The molecule has 0 saturated heterocycles. The fraction of sp³-hybridized carbons (Fsp3) is 0.348. The van der Waals surface area contributed by atoms with Gasteiger partial charge in [0.15, 0.2) is 5.82 Å². The van der Waals surface area contributed by atoms with Gasteiger partial charge in [0.1, 0.15) is 5.25 Å². The number of rotatable bonds is 6. The van der Waals surface area contributed by atoms with Crippen molar-refractivity contribution in [2.75, 3.05) is 10.7 Å². The molecular weight excluding hydrogens is 394 g/mol. The van der Waals surface area contributed by atoms with Gasteiger partial charge in [-0.3, -0.25) is 4.79 Å². The highest BCUT2D eigenvalue weighted by Crippen LogP contribution is 2.37. The highest BCUT2D eigenvalue weighted by molar-refractivity contribution is 8.00. The molecule has 156 valence electrons. The van der Waals surface area contributed by atoms with Crippen molar-refractivity contribution < 1.29 is 4.79 Å². The summed E-state index contributed by atoms with van der Waals surface area (Å²) in [5.41, 5.74) is 7.83. The van der Waals surface area contributed by atoms with Crippen LogP contribution < -0.4 is 10.7 Å². The minimum atomic E-state index is -0.370. The Balaban J connectivity index is 1.65. The van der Waals surface area contributed by atoms with E-state index in [-0.39, 0.29) is 17.2 Å². The van der Waals surface area contributed by atoms with E-state index in [4.69, 9.17) is 0 Å². The molecule has 0 saturated carbocycles. The van der Waals surface area contributed by atoms with Gasteiger partial charge < -0.3 is 10.7 Å². The Morgan fingerprint density at radius 3 is 2.50 bits per heavy atom. The topological polar surface area (TPSA) is 71.8 Å². The summed E-state index contributed by atoms with van der Waals surface area (Å²) in [6.45, 7) is 6.29. The van der Waals surface area contributed by atoms with Crippen molar-refractivity contribution in [1.29, 1.82) is 0 Å². The third-order valence-electron chi connectivity index (χ3n) is 5.30. The number of nitrogens with zero attached hydrogens (tertiary/aromatic N) is 3. The Hall–Kier alpha value is -2.80. The molecule has 0 bridgehead atoms. The summed E-state index contributed by atoms with van der Waals surface area (Å²) in [6.07, 6.45) is 2.81. The van der Waals surface area contributed by atoms with Crippen LogP contribution >= 0.6 is 11.8 Å². The van der Waals surface area contributed by atoms with Crippen molar-refractivity contribution in [1.82, 2.24) is 14.9 Å². The Kier molecular flexibility index (Phi) is 6.08. The van der Waals surface area contributed by atoms with Crippen LogP contribution in [0.5, 0.6) is 0 Å². The molecular formula is C23H27N5OS. The van der Waals surface area contributed by atoms with E-state index < -0.39 is 0 Å². The van der Waals surface area contributed by atoms with Crippen LogP contribution in [0.2, 0.25) is 0 Å². The Bertz CT molecular complexity index is 1010. The van der Waals surface area contributed by atoms with Gasteiger partial charge in [-0.25, -0.2) is 4.68 Å². The lowest BCUT2D eigenvalue weighted by Crippen LogP contribution is -2.41. The van der Waals surface area contributed by atoms with Crippen molar-refractivity contribution in [3.8, 4) is 0 Å². The second-order valence-corrected chi connectivity index (χ2v) is 8.69. The number of anilines is 1. The normalized spacial score (nSPS) is 17.8. The Labute approximate surface area is 181 Å². The summed E-state index contributed by atoms with van der Waals surface area (Å²) in [5, 5.41) is 12.1. The van der Waals surface area contributed by atoms with Crippen LogP contribution in [0.15, 0.2) is 53.7 Å². The molecule has 0 spiro atoms. The summed E-state index contributed by atoms with van der Waals surface area (Å²) >= 11 is 1.46. The summed E-state index contributed by atoms with van der Waals surface area (Å²) in [5.74, 6) is 0.847. The van der Waals surface area contributed by atoms with Crippen LogP contribution in [-0.2, 0) is 17.6 Å². The number of hydrogen-bond donors (Lipinski definition) is 2. The van der Waals surface area contributed by atoms with E-state index in [9.17, 15) is 4.79 Å². The highest BCUT2D eigenvalue weighted by atomic mass is 32.2. The summed E-state index contributed by atoms with van der Waals surface area (Å²) < 4.78 is 1.95. The maximum absolute atomic E-state index is 13.3. The standard InChI is InChI=1S/C23H27N5OS/c1-4-6-19-25-26-23-28(19)27-20(17-11-9-16(5-2)10-12-17)21(30-23)22(29)24-18-13-7-15(3)8-14-18/h7-14,20-21,27H,4-6H2,1-3H3,(H,24,29)/t20-,21-/m0/s1. The molecule has 0 unspecified atom stereocenters. The number of aryl methyl sites for hydroxylation is 3. The molecule has 30 heavy (non-hydrogen) atoms. The first kappa shape index (κ1) is 20.5. The van der Waals surface area contributed by atoms with E-state index >= 15 is 0 Å². The monoisotopic (exact) mass is 421 g/mol. The smallest absolute Gasteiger partial charge is 0.240 e. The predicted molar refractivity (Wildman–Crippen MR) is 121 cm³/mol. The molecule has 7 heteroatoms. The average molecular weight is 422 g/mol. The van der Waals surface area contributed by atoms with Crippen LogP contribution in [0.1, 0.15) is 48.8 Å². The zero-order valence-corrected chi connectivity index (χ0v) is 18.4. The predicted octanol–water partition coefficient (Wildman–Crippen LogP) is 4.50. The van der Waals surface area contributed by atoms with Gasteiger partial charge in [0.2, 0.25) is 11.1 Å². The van der Waals surface area contributed by atoms with Gasteiger partial charge in [0.25, 0.3) is 0 Å². The number of benzene rings is 2. The maximum atomic E-state index is 13.3. The molecule has 1 aromatic heterocycles. The van der Waals surface area contributed by atoms with Gasteiger partial charge in [-0.05, 0) is 43.0 Å². The first-order valence-corrected chi connectivity index (χ1v) is 11.3. The fourth-order valence-electron chi connectivity index (χ4n) is 3.55. The highest BCUT2D eigenvalue weighted by Gasteiger charge is 2.37. The van der Waals surface area contributed by atoms with Gasteiger partial charge in [-0.15, -0.1) is 10.2 Å². The van der Waals surface area contributed by atoms with Crippen LogP contribution in [0, 0.1) is 6.92 Å². The summed E-state index contributed by atoms with van der Waals surface area (Å²) in [7, 11) is 0. The van der Waals surface area contributed by atoms with E-state index in [1.807, 2.05) is 35.9 Å². The Morgan fingerprint density at radius 2 is 1.83 bits per heavy atom. The van der Waals surface area contributed by atoms with Gasteiger partial charge in [-0.1, -0.05) is 67.6 Å². The zero-order valence-electron chi connectivity index (χ0n) is 17.6. The van der Waals surface area contributed by atoms with Gasteiger partial charge in [0.05, 0.1) is 6.04 Å². The van der Waals surface area contributed by atoms with E-state index in [0.717, 1.165) is 47.1 Å². The lowest BCUT2D eigenvalue weighted by atomic mass is 10.0. The minimum Gasteiger partial charge on any atom is -0.325 e. The molecule has 1 amide bonds. The van der Waals surface area contributed by atoms with Crippen molar-refractivity contribution in [3.05, 3.63) is 71.0 Å². The van der Waals surface area contributed by atoms with E-state index in [2.05, 4.69) is 59.1 Å². The van der Waals surface area contributed by atoms with Crippen LogP contribution in [0.4, 0.5) is 5.69 Å². The van der Waals surface area contributed by atoms with Gasteiger partial charge >= 0.3 is 0 Å². The molecule has 0 fully saturated rings. The van der Waals surface area contributed by atoms with E-state index in [1.165, 1.54) is 17.3 Å². The fourth-order valence-corrected chi connectivity index (χ4v) is 4.64. The summed E-state index contributed by atoms with van der Waals surface area (Å²) in [6, 6.07) is 16.1. The first-order chi connectivity index (χ1) is 14.6. The summed E-state index contributed by atoms with van der Waals surface area (Å²) in [4.78, 5) is 13.3. The number of aromatic nitrogens is 3. The molecule has 2 heterocycles. The zero-order chi connectivity index (χ0) is 21.1. The molecule has 3 aromatic rings. The van der Waals surface area contributed by atoms with Gasteiger partial charge in [0, 0.05) is 12.1 Å². The van der Waals surface area contributed by atoms with Crippen molar-refractivity contribution in [3.63, 3.8) is 0 Å². The van der Waals surface area contributed by atoms with Crippen molar-refractivity contribution in [2.45, 2.75) is 56.5 Å². The number of thioether (sulfide) groups is 1. The average Bonchev–Trinajstić information content (AvgIpc) is 3.16. The molecule has 0 aliphatic carbocycles. The quantitative estimate of drug-likeness (QED) is 0.613. The van der Waals surface area contributed by atoms with E-state index in [1.54, 1.807) is 0 Å².